The van der Waals surface area contributed by atoms with Crippen LogP contribution >= 0.6 is 11.6 Å². The summed E-state index contributed by atoms with van der Waals surface area (Å²) >= 11 is 6.16. The van der Waals surface area contributed by atoms with Crippen LogP contribution in [0.5, 0.6) is 5.75 Å². The molecule has 26 heavy (non-hydrogen) atoms. The molecule has 0 radical (unpaired) electrons. The lowest BCUT2D eigenvalue weighted by Gasteiger charge is -2.17. The largest absolute Gasteiger partial charge is 0.491 e. The lowest BCUT2D eigenvalue weighted by Crippen LogP contribution is -2.25. The number of anilines is 2. The van der Waals surface area contributed by atoms with Crippen molar-refractivity contribution in [2.24, 2.45) is 0 Å². The van der Waals surface area contributed by atoms with E-state index in [0.717, 1.165) is 10.6 Å². The Morgan fingerprint density at radius 2 is 1.77 bits per heavy atom. The maximum Gasteiger partial charge on any atom is 0.257 e. The second kappa shape index (κ2) is 7.97. The van der Waals surface area contributed by atoms with Crippen molar-refractivity contribution < 1.29 is 17.9 Å². The number of benzene rings is 2. The van der Waals surface area contributed by atoms with E-state index in [0.29, 0.717) is 17.1 Å². The molecule has 6 nitrogen and oxygen atoms in total. The van der Waals surface area contributed by atoms with E-state index >= 15 is 0 Å². The van der Waals surface area contributed by atoms with Gasteiger partial charge in [-0.15, -0.1) is 0 Å². The molecule has 8 heteroatoms. The van der Waals surface area contributed by atoms with Crippen LogP contribution in [0.2, 0.25) is 5.02 Å². The van der Waals surface area contributed by atoms with Gasteiger partial charge in [0.25, 0.3) is 5.91 Å². The van der Waals surface area contributed by atoms with Crippen LogP contribution in [-0.4, -0.2) is 33.7 Å². The van der Waals surface area contributed by atoms with Crippen LogP contribution in [0.1, 0.15) is 24.2 Å². The van der Waals surface area contributed by atoms with E-state index in [1.54, 1.807) is 24.3 Å². The van der Waals surface area contributed by atoms with Crippen LogP contribution < -0.4 is 14.4 Å². The molecule has 0 bridgehead atoms. The van der Waals surface area contributed by atoms with E-state index in [9.17, 15) is 13.2 Å². The maximum atomic E-state index is 12.4. The molecular formula is C18H21ClN2O4S. The zero-order valence-electron chi connectivity index (χ0n) is 15.0. The molecule has 0 fully saturated rings. The summed E-state index contributed by atoms with van der Waals surface area (Å²) < 4.78 is 29.8. The van der Waals surface area contributed by atoms with Gasteiger partial charge in [0.05, 0.1) is 28.6 Å². The highest BCUT2D eigenvalue weighted by molar-refractivity contribution is 7.92. The summed E-state index contributed by atoms with van der Waals surface area (Å²) in [6.07, 6.45) is 1.16. The predicted molar refractivity (Wildman–Crippen MR) is 105 cm³/mol. The normalized spacial score (nSPS) is 11.3. The first kappa shape index (κ1) is 20.1. The molecule has 1 amide bonds. The lowest BCUT2D eigenvalue weighted by atomic mass is 10.2. The van der Waals surface area contributed by atoms with Crippen molar-refractivity contribution in [1.82, 2.24) is 0 Å². The summed E-state index contributed by atoms with van der Waals surface area (Å²) in [5.74, 6) is 0.324. The summed E-state index contributed by atoms with van der Waals surface area (Å²) in [6, 6.07) is 11.5. The standard InChI is InChI=1S/C18H21ClN2O4S/c1-12(2)25-15-8-5-13(6-9-15)20-18(22)16-10-7-14(11-17(16)19)21(3)26(4,23)24/h5-12H,1-4H3,(H,20,22). The van der Waals surface area contributed by atoms with Crippen LogP contribution in [0.3, 0.4) is 0 Å². The van der Waals surface area contributed by atoms with Crippen molar-refractivity contribution >= 4 is 38.9 Å². The van der Waals surface area contributed by atoms with E-state index < -0.39 is 10.0 Å². The molecule has 0 unspecified atom stereocenters. The maximum absolute atomic E-state index is 12.4. The van der Waals surface area contributed by atoms with Crippen molar-refractivity contribution in [2.45, 2.75) is 20.0 Å². The molecule has 140 valence electrons. The van der Waals surface area contributed by atoms with E-state index in [2.05, 4.69) is 5.32 Å². The van der Waals surface area contributed by atoms with Gasteiger partial charge in [-0.05, 0) is 56.3 Å². The van der Waals surface area contributed by atoms with Gasteiger partial charge in [-0.2, -0.15) is 0 Å². The number of nitrogens with one attached hydrogen (secondary N) is 1. The molecule has 0 atom stereocenters. The summed E-state index contributed by atoms with van der Waals surface area (Å²) in [4.78, 5) is 12.4. The molecule has 2 aromatic rings. The van der Waals surface area contributed by atoms with E-state index in [4.69, 9.17) is 16.3 Å². The highest BCUT2D eigenvalue weighted by atomic mass is 35.5. The molecule has 0 spiro atoms. The number of ether oxygens (including phenoxy) is 1. The van der Waals surface area contributed by atoms with Crippen LogP contribution in [0.15, 0.2) is 42.5 Å². The molecule has 0 saturated carbocycles. The van der Waals surface area contributed by atoms with E-state index in [1.807, 2.05) is 13.8 Å². The van der Waals surface area contributed by atoms with Gasteiger partial charge in [-0.25, -0.2) is 8.42 Å². The van der Waals surface area contributed by atoms with Crippen LogP contribution in [0, 0.1) is 0 Å². The first-order valence-corrected chi connectivity index (χ1v) is 10.1. The van der Waals surface area contributed by atoms with Crippen LogP contribution in [-0.2, 0) is 10.0 Å². The molecule has 0 aliphatic rings. The number of halogens is 1. The second-order valence-corrected chi connectivity index (χ2v) is 8.46. The molecular weight excluding hydrogens is 376 g/mol. The molecule has 0 aromatic heterocycles. The predicted octanol–water partition coefficient (Wildman–Crippen LogP) is 3.78. The van der Waals surface area contributed by atoms with Gasteiger partial charge in [0, 0.05) is 12.7 Å². The first-order chi connectivity index (χ1) is 12.1. The Kier molecular flexibility index (Phi) is 6.15. The third kappa shape index (κ3) is 5.12. The Morgan fingerprint density at radius 1 is 1.15 bits per heavy atom. The van der Waals surface area contributed by atoms with Crippen molar-refractivity contribution in [1.29, 1.82) is 0 Å². The van der Waals surface area contributed by atoms with Crippen LogP contribution in [0.25, 0.3) is 0 Å². The number of amides is 1. The van der Waals surface area contributed by atoms with Gasteiger partial charge in [0.1, 0.15) is 5.75 Å². The Labute approximate surface area is 158 Å². The van der Waals surface area contributed by atoms with Crippen molar-refractivity contribution in [3.8, 4) is 5.75 Å². The van der Waals surface area contributed by atoms with E-state index in [1.165, 1.54) is 25.2 Å². The number of sulfonamides is 1. The number of rotatable bonds is 6. The van der Waals surface area contributed by atoms with Crippen LogP contribution in [0.4, 0.5) is 11.4 Å². The fourth-order valence-corrected chi connectivity index (χ4v) is 2.92. The summed E-state index contributed by atoms with van der Waals surface area (Å²) in [5, 5.41) is 2.91. The molecule has 0 heterocycles. The minimum Gasteiger partial charge on any atom is -0.491 e. The number of hydrogen-bond acceptors (Lipinski definition) is 4. The molecule has 2 rings (SSSR count). The highest BCUT2D eigenvalue weighted by Gasteiger charge is 2.16. The first-order valence-electron chi connectivity index (χ1n) is 7.89. The quantitative estimate of drug-likeness (QED) is 0.806. The zero-order chi connectivity index (χ0) is 19.5. The Balaban J connectivity index is 2.15. The average molecular weight is 397 g/mol. The monoisotopic (exact) mass is 396 g/mol. The van der Waals surface area contributed by atoms with Gasteiger partial charge in [-0.1, -0.05) is 11.6 Å². The smallest absolute Gasteiger partial charge is 0.257 e. The van der Waals surface area contributed by atoms with Gasteiger partial charge in [-0.3, -0.25) is 9.10 Å². The summed E-state index contributed by atoms with van der Waals surface area (Å²) in [7, 11) is -1.99. The van der Waals surface area contributed by atoms with Gasteiger partial charge in [0.2, 0.25) is 10.0 Å². The van der Waals surface area contributed by atoms with Gasteiger partial charge in [0.15, 0.2) is 0 Å². The van der Waals surface area contributed by atoms with Crippen molar-refractivity contribution in [3.63, 3.8) is 0 Å². The minimum absolute atomic E-state index is 0.0674. The number of nitrogens with zero attached hydrogens (tertiary/aromatic N) is 1. The fraction of sp³-hybridized carbons (Fsp3) is 0.278. The number of carbonyl (C=O) groups excluding carboxylic acids is 1. The van der Waals surface area contributed by atoms with Crippen molar-refractivity contribution in [2.75, 3.05) is 22.9 Å². The molecule has 0 saturated heterocycles. The topological polar surface area (TPSA) is 75.7 Å². The summed E-state index contributed by atoms with van der Waals surface area (Å²) in [6.45, 7) is 3.87. The zero-order valence-corrected chi connectivity index (χ0v) is 16.6. The third-order valence-electron chi connectivity index (χ3n) is 3.54. The number of hydrogen-bond donors (Lipinski definition) is 1. The number of carbonyl (C=O) groups is 1. The van der Waals surface area contributed by atoms with Crippen molar-refractivity contribution in [3.05, 3.63) is 53.1 Å². The Morgan fingerprint density at radius 3 is 2.27 bits per heavy atom. The molecule has 0 aliphatic carbocycles. The fourth-order valence-electron chi connectivity index (χ4n) is 2.16. The second-order valence-electron chi connectivity index (χ2n) is 6.04. The Hall–Kier alpha value is -2.25. The Bertz CT molecular complexity index is 896. The van der Waals surface area contributed by atoms with Gasteiger partial charge >= 0.3 is 0 Å². The summed E-state index contributed by atoms with van der Waals surface area (Å²) in [5.41, 5.74) is 1.23. The van der Waals surface area contributed by atoms with E-state index in [-0.39, 0.29) is 22.6 Å². The average Bonchev–Trinajstić information content (AvgIpc) is 2.54. The lowest BCUT2D eigenvalue weighted by molar-refractivity contribution is 0.102. The minimum atomic E-state index is -3.40. The van der Waals surface area contributed by atoms with Gasteiger partial charge < -0.3 is 10.1 Å². The highest BCUT2D eigenvalue weighted by Crippen LogP contribution is 2.25. The molecule has 2 aromatic carbocycles. The SMILES string of the molecule is CC(C)Oc1ccc(NC(=O)c2ccc(N(C)S(C)(=O)=O)cc2Cl)cc1. The third-order valence-corrected chi connectivity index (χ3v) is 5.06. The molecule has 0 aliphatic heterocycles. The molecule has 1 N–H and O–H groups in total.